The number of hydrogen-bond donors (Lipinski definition) is 3. The van der Waals surface area contributed by atoms with Crippen LogP contribution in [-0.2, 0) is 23.4 Å². The Balaban J connectivity index is 1.82. The van der Waals surface area contributed by atoms with Crippen molar-refractivity contribution < 1.29 is 41.8 Å². The first-order valence-electron chi connectivity index (χ1n) is 10.9. The zero-order valence-corrected chi connectivity index (χ0v) is 21.4. The van der Waals surface area contributed by atoms with Gasteiger partial charge in [-0.1, -0.05) is 29.8 Å². The molecule has 3 rings (SSSR count). The Morgan fingerprint density at radius 3 is 2.59 bits per heavy atom. The SMILES string of the molecule is CC(C)OC(=O)[C@@H](C)N[P@](=O)(OC[C@H]1O[C@@H](n2cc(F)c(=O)[nH]c2=O)[C@](F)(Cl)[C@@H]1O)Oc1ccccc1. The number of nitrogens with zero attached hydrogens (tertiary/aromatic N) is 1. The number of carbonyl (C=O) groups is 1. The molecule has 1 fully saturated rings. The number of carbonyl (C=O) groups excluding carboxylic acids is 1. The van der Waals surface area contributed by atoms with Crippen molar-refractivity contribution in [2.24, 2.45) is 0 Å². The van der Waals surface area contributed by atoms with Crippen molar-refractivity contribution in [3.63, 3.8) is 0 Å². The van der Waals surface area contributed by atoms with Gasteiger partial charge in [-0.15, -0.1) is 0 Å². The summed E-state index contributed by atoms with van der Waals surface area (Å²) in [6, 6.07) is 6.55. The van der Waals surface area contributed by atoms with Crippen LogP contribution in [0.25, 0.3) is 0 Å². The molecule has 0 radical (unpaired) electrons. The fourth-order valence-electron chi connectivity index (χ4n) is 3.25. The molecule has 1 aliphatic rings. The third kappa shape index (κ3) is 6.83. The molecular weight excluding hydrogens is 543 g/mol. The number of alkyl halides is 2. The highest BCUT2D eigenvalue weighted by Gasteiger charge is 2.58. The first kappa shape index (κ1) is 29.0. The maximum atomic E-state index is 15.2. The standard InChI is InChI=1S/C21H25ClF2N3O9P/c1-11(2)34-18(30)12(3)26-37(32,36-13-7-5-4-6-8-13)33-10-15-16(28)21(22,24)19(35-15)27-9-14(23)17(29)25-20(27)31/h4-9,11-12,15-16,19,28H,10H2,1-3H3,(H,26,32)(H,25,29,31)/t12-,15-,16-,19-,21+,37+/m1/s1. The van der Waals surface area contributed by atoms with Crippen LogP contribution in [0.5, 0.6) is 5.75 Å². The predicted octanol–water partition coefficient (Wildman–Crippen LogP) is 1.97. The zero-order chi connectivity index (χ0) is 27.5. The lowest BCUT2D eigenvalue weighted by atomic mass is 10.1. The minimum absolute atomic E-state index is 0.0842. The molecule has 0 saturated carbocycles. The van der Waals surface area contributed by atoms with Gasteiger partial charge in [-0.25, -0.2) is 13.8 Å². The number of aromatic amines is 1. The third-order valence-corrected chi connectivity index (χ3v) is 7.05. The Hall–Kier alpha value is -2.61. The van der Waals surface area contributed by atoms with Crippen LogP contribution in [0.3, 0.4) is 0 Å². The fourth-order valence-corrected chi connectivity index (χ4v) is 5.05. The number of rotatable bonds is 10. The van der Waals surface area contributed by atoms with Gasteiger partial charge in [0.2, 0.25) is 5.82 Å². The summed E-state index contributed by atoms with van der Waals surface area (Å²) in [6.07, 6.45) is -6.02. The molecule has 0 amide bonds. The van der Waals surface area contributed by atoms with E-state index < -0.39 is 73.1 Å². The number of aromatic nitrogens is 2. The van der Waals surface area contributed by atoms with E-state index in [0.29, 0.717) is 10.8 Å². The van der Waals surface area contributed by atoms with E-state index in [1.807, 2.05) is 0 Å². The summed E-state index contributed by atoms with van der Waals surface area (Å²) in [4.78, 5) is 37.2. The highest BCUT2D eigenvalue weighted by molar-refractivity contribution is 7.52. The molecule has 0 spiro atoms. The molecule has 2 heterocycles. The Kier molecular flexibility index (Phi) is 8.93. The topological polar surface area (TPSA) is 158 Å². The fraction of sp³-hybridized carbons (Fsp3) is 0.476. The van der Waals surface area contributed by atoms with Gasteiger partial charge in [0, 0.05) is 0 Å². The molecule has 37 heavy (non-hydrogen) atoms. The van der Waals surface area contributed by atoms with Crippen LogP contribution in [0.1, 0.15) is 27.0 Å². The smallest absolute Gasteiger partial charge is 0.459 e. The predicted molar refractivity (Wildman–Crippen MR) is 125 cm³/mol. The molecule has 6 atom stereocenters. The van der Waals surface area contributed by atoms with E-state index in [2.05, 4.69) is 5.09 Å². The summed E-state index contributed by atoms with van der Waals surface area (Å²) in [5.74, 6) is -2.12. The van der Waals surface area contributed by atoms with E-state index in [1.165, 1.54) is 19.1 Å². The number of ether oxygens (including phenoxy) is 2. The van der Waals surface area contributed by atoms with Gasteiger partial charge < -0.3 is 19.1 Å². The Morgan fingerprint density at radius 1 is 1.32 bits per heavy atom. The summed E-state index contributed by atoms with van der Waals surface area (Å²) in [6.45, 7) is 3.75. The molecule has 12 nitrogen and oxygen atoms in total. The van der Waals surface area contributed by atoms with Crippen LogP contribution < -0.4 is 20.9 Å². The second kappa shape index (κ2) is 11.4. The number of esters is 1. The summed E-state index contributed by atoms with van der Waals surface area (Å²) in [7, 11) is -4.41. The van der Waals surface area contributed by atoms with Crippen molar-refractivity contribution >= 4 is 25.3 Å². The Labute approximate surface area is 214 Å². The van der Waals surface area contributed by atoms with E-state index in [4.69, 9.17) is 30.1 Å². The van der Waals surface area contributed by atoms with E-state index >= 15 is 4.39 Å². The largest absolute Gasteiger partial charge is 0.462 e. The van der Waals surface area contributed by atoms with Gasteiger partial charge in [0.05, 0.1) is 18.9 Å². The Bertz CT molecular complexity index is 1270. The van der Waals surface area contributed by atoms with Crippen LogP contribution in [0, 0.1) is 5.82 Å². The zero-order valence-electron chi connectivity index (χ0n) is 19.8. The van der Waals surface area contributed by atoms with Crippen molar-refractivity contribution in [1.82, 2.24) is 14.6 Å². The highest BCUT2D eigenvalue weighted by atomic mass is 35.5. The van der Waals surface area contributed by atoms with Crippen molar-refractivity contribution in [3.8, 4) is 5.75 Å². The van der Waals surface area contributed by atoms with Gasteiger partial charge in [-0.3, -0.25) is 23.7 Å². The van der Waals surface area contributed by atoms with Crippen molar-refractivity contribution in [2.45, 2.75) is 56.5 Å². The average molecular weight is 568 g/mol. The van der Waals surface area contributed by atoms with Crippen molar-refractivity contribution in [2.75, 3.05) is 6.61 Å². The lowest BCUT2D eigenvalue weighted by Gasteiger charge is -2.25. The molecule has 16 heteroatoms. The number of para-hydroxylation sites is 1. The number of aliphatic hydroxyl groups excluding tert-OH is 1. The second-order valence-electron chi connectivity index (χ2n) is 8.32. The molecule has 204 valence electrons. The molecule has 1 aliphatic heterocycles. The number of nitrogens with one attached hydrogen (secondary N) is 2. The Morgan fingerprint density at radius 2 is 1.97 bits per heavy atom. The van der Waals surface area contributed by atoms with E-state index in [-0.39, 0.29) is 5.75 Å². The van der Waals surface area contributed by atoms with Gasteiger partial charge in [0.25, 0.3) is 10.7 Å². The summed E-state index contributed by atoms with van der Waals surface area (Å²) in [5.41, 5.74) is -2.61. The van der Waals surface area contributed by atoms with Crippen LogP contribution in [0.15, 0.2) is 46.1 Å². The average Bonchev–Trinajstić information content (AvgIpc) is 3.03. The number of aliphatic hydroxyl groups is 1. The summed E-state index contributed by atoms with van der Waals surface area (Å²) >= 11 is 5.78. The second-order valence-corrected chi connectivity index (χ2v) is 10.6. The maximum absolute atomic E-state index is 15.2. The first-order valence-corrected chi connectivity index (χ1v) is 12.9. The number of hydrogen-bond acceptors (Lipinski definition) is 9. The van der Waals surface area contributed by atoms with Crippen molar-refractivity contribution in [1.29, 1.82) is 0 Å². The minimum Gasteiger partial charge on any atom is -0.462 e. The quantitative estimate of drug-likeness (QED) is 0.220. The van der Waals surface area contributed by atoms with Gasteiger partial charge in [0.15, 0.2) is 6.23 Å². The van der Waals surface area contributed by atoms with Crippen molar-refractivity contribution in [3.05, 3.63) is 63.2 Å². The van der Waals surface area contributed by atoms with Gasteiger partial charge in [-0.05, 0) is 32.9 Å². The molecule has 0 unspecified atom stereocenters. The van der Waals surface area contributed by atoms with Crippen LogP contribution in [-0.4, -0.2) is 56.7 Å². The van der Waals surface area contributed by atoms with Gasteiger partial charge >= 0.3 is 19.4 Å². The minimum atomic E-state index is -4.41. The van der Waals surface area contributed by atoms with Crippen LogP contribution in [0.2, 0.25) is 0 Å². The van der Waals surface area contributed by atoms with E-state index in [9.17, 15) is 28.4 Å². The lowest BCUT2D eigenvalue weighted by Crippen LogP contribution is -2.42. The van der Waals surface area contributed by atoms with Crippen LogP contribution in [0.4, 0.5) is 8.78 Å². The molecule has 1 aromatic carbocycles. The maximum Gasteiger partial charge on any atom is 0.459 e. The van der Waals surface area contributed by atoms with Crippen LogP contribution >= 0.6 is 19.3 Å². The van der Waals surface area contributed by atoms with E-state index in [1.54, 1.807) is 37.0 Å². The molecule has 1 aromatic heterocycles. The normalized spacial score (nSPS) is 26.0. The number of benzene rings is 1. The lowest BCUT2D eigenvalue weighted by molar-refractivity contribution is -0.149. The molecule has 0 aliphatic carbocycles. The number of halogens is 3. The number of H-pyrrole nitrogens is 1. The molecular formula is C21H25ClF2N3O9P. The summed E-state index contributed by atoms with van der Waals surface area (Å²) in [5, 5.41) is 9.62. The molecule has 3 N–H and O–H groups in total. The third-order valence-electron chi connectivity index (χ3n) is 4.99. The summed E-state index contributed by atoms with van der Waals surface area (Å²) < 4.78 is 63.9. The van der Waals surface area contributed by atoms with Gasteiger partial charge in [0.1, 0.15) is 24.0 Å². The first-order chi connectivity index (χ1) is 17.2. The van der Waals surface area contributed by atoms with E-state index in [0.717, 1.165) is 0 Å². The molecule has 2 aromatic rings. The van der Waals surface area contributed by atoms with Gasteiger partial charge in [-0.2, -0.15) is 9.48 Å². The molecule has 1 saturated heterocycles. The highest BCUT2D eigenvalue weighted by Crippen LogP contribution is 2.48. The monoisotopic (exact) mass is 567 g/mol. The molecule has 0 bridgehead atoms.